The van der Waals surface area contributed by atoms with Crippen LogP contribution in [-0.4, -0.2) is 33.1 Å². The molecule has 2 heterocycles. The molecule has 7 heteroatoms. The Bertz CT molecular complexity index is 895. The van der Waals surface area contributed by atoms with Gasteiger partial charge in [-0.3, -0.25) is 9.20 Å². The van der Waals surface area contributed by atoms with Crippen molar-refractivity contribution in [1.29, 1.82) is 0 Å². The lowest BCUT2D eigenvalue weighted by atomic mass is 10.3. The Kier molecular flexibility index (Phi) is 4.38. The summed E-state index contributed by atoms with van der Waals surface area (Å²) in [5, 5.41) is 0.302. The first-order chi connectivity index (χ1) is 11.1. The molecule has 0 spiro atoms. The van der Waals surface area contributed by atoms with E-state index in [1.165, 1.54) is 4.40 Å². The van der Waals surface area contributed by atoms with E-state index in [0.717, 1.165) is 17.4 Å². The molecule has 0 N–H and O–H groups in total. The fourth-order valence-corrected chi connectivity index (χ4v) is 2.78. The molecule has 2 aromatic heterocycles. The molecule has 3 rings (SSSR count). The number of fused-ring (bicyclic) bond motifs is 1. The number of benzene rings is 1. The molecule has 0 saturated heterocycles. The van der Waals surface area contributed by atoms with E-state index in [9.17, 15) is 9.59 Å². The van der Waals surface area contributed by atoms with Crippen molar-refractivity contribution < 1.29 is 4.79 Å². The quantitative estimate of drug-likeness (QED) is 0.685. The van der Waals surface area contributed by atoms with Crippen molar-refractivity contribution in [3.8, 4) is 0 Å². The first kappa shape index (κ1) is 15.2. The number of thioether (sulfide) groups is 1. The molecule has 0 aliphatic carbocycles. The summed E-state index contributed by atoms with van der Waals surface area (Å²) in [7, 11) is 1.72. The number of para-hydroxylation sites is 1. The number of hydrogen-bond donors (Lipinski definition) is 0. The second-order valence-corrected chi connectivity index (χ2v) is 5.74. The highest BCUT2D eigenvalue weighted by atomic mass is 32.2. The third kappa shape index (κ3) is 3.40. The molecule has 0 atom stereocenters. The molecule has 0 fully saturated rings. The highest BCUT2D eigenvalue weighted by molar-refractivity contribution is 7.99. The minimum atomic E-state index is -0.401. The molecule has 0 aliphatic heterocycles. The molecule has 1 amide bonds. The van der Waals surface area contributed by atoms with Crippen LogP contribution >= 0.6 is 11.8 Å². The van der Waals surface area contributed by atoms with E-state index in [1.807, 2.05) is 30.3 Å². The van der Waals surface area contributed by atoms with E-state index >= 15 is 0 Å². The zero-order chi connectivity index (χ0) is 16.2. The summed E-state index contributed by atoms with van der Waals surface area (Å²) in [6.07, 6.45) is 1.61. The normalized spacial score (nSPS) is 10.7. The lowest BCUT2D eigenvalue weighted by Gasteiger charge is -2.16. The predicted molar refractivity (Wildman–Crippen MR) is 89.8 cm³/mol. The summed E-state index contributed by atoms with van der Waals surface area (Å²) in [6, 6.07) is 14.6. The van der Waals surface area contributed by atoms with Crippen molar-refractivity contribution in [2.45, 2.75) is 5.16 Å². The number of carbonyl (C=O) groups is 1. The highest BCUT2D eigenvalue weighted by Crippen LogP contribution is 2.16. The minimum absolute atomic E-state index is 0.0851. The minimum Gasteiger partial charge on any atom is -0.315 e. The number of rotatable bonds is 4. The van der Waals surface area contributed by atoms with Gasteiger partial charge in [0.1, 0.15) is 5.65 Å². The second kappa shape index (κ2) is 6.62. The first-order valence-corrected chi connectivity index (χ1v) is 7.93. The fourth-order valence-electron chi connectivity index (χ4n) is 2.03. The number of carbonyl (C=O) groups excluding carboxylic acids is 1. The van der Waals surface area contributed by atoms with Gasteiger partial charge in [0, 0.05) is 18.9 Å². The van der Waals surface area contributed by atoms with Crippen molar-refractivity contribution in [3.05, 3.63) is 65.2 Å². The number of amides is 1. The van der Waals surface area contributed by atoms with Crippen LogP contribution in [0, 0.1) is 0 Å². The smallest absolute Gasteiger partial charge is 0.315 e. The third-order valence-corrected chi connectivity index (χ3v) is 4.12. The molecule has 23 heavy (non-hydrogen) atoms. The summed E-state index contributed by atoms with van der Waals surface area (Å²) < 4.78 is 1.36. The number of aromatic nitrogens is 3. The van der Waals surface area contributed by atoms with Crippen LogP contribution in [0.25, 0.3) is 5.65 Å². The topological polar surface area (TPSA) is 67.6 Å². The van der Waals surface area contributed by atoms with Crippen LogP contribution in [0.15, 0.2) is 64.7 Å². The summed E-state index contributed by atoms with van der Waals surface area (Å²) in [4.78, 5) is 33.9. The van der Waals surface area contributed by atoms with Gasteiger partial charge in [0.2, 0.25) is 5.91 Å². The Balaban J connectivity index is 1.73. The Morgan fingerprint density at radius 1 is 1.13 bits per heavy atom. The molecule has 116 valence electrons. The lowest BCUT2D eigenvalue weighted by Crippen LogP contribution is -2.28. The maximum absolute atomic E-state index is 12.2. The lowest BCUT2D eigenvalue weighted by molar-refractivity contribution is -0.115. The molecule has 0 unspecified atom stereocenters. The monoisotopic (exact) mass is 326 g/mol. The fraction of sp³-hybridized carbons (Fsp3) is 0.125. The number of hydrogen-bond acceptors (Lipinski definition) is 5. The largest absolute Gasteiger partial charge is 0.355 e. The summed E-state index contributed by atoms with van der Waals surface area (Å²) in [5.74, 6) is 0.0754. The molecule has 0 radical (unpaired) electrons. The van der Waals surface area contributed by atoms with E-state index < -0.39 is 5.69 Å². The van der Waals surface area contributed by atoms with Crippen LogP contribution in [0.3, 0.4) is 0 Å². The Morgan fingerprint density at radius 3 is 2.65 bits per heavy atom. The van der Waals surface area contributed by atoms with Crippen LogP contribution in [0.2, 0.25) is 0 Å². The molecular formula is C16H14N4O2S. The van der Waals surface area contributed by atoms with Gasteiger partial charge in [-0.25, -0.2) is 9.78 Å². The van der Waals surface area contributed by atoms with E-state index in [4.69, 9.17) is 0 Å². The van der Waals surface area contributed by atoms with Crippen molar-refractivity contribution in [2.75, 3.05) is 17.7 Å². The average molecular weight is 326 g/mol. The van der Waals surface area contributed by atoms with Crippen LogP contribution in [0.5, 0.6) is 0 Å². The highest BCUT2D eigenvalue weighted by Gasteiger charge is 2.13. The Morgan fingerprint density at radius 2 is 1.87 bits per heavy atom. The van der Waals surface area contributed by atoms with Crippen molar-refractivity contribution >= 4 is 29.0 Å². The molecular weight excluding hydrogens is 312 g/mol. The maximum atomic E-state index is 12.2. The van der Waals surface area contributed by atoms with E-state index in [0.29, 0.717) is 10.8 Å². The summed E-state index contributed by atoms with van der Waals surface area (Å²) in [5.41, 5.74) is 0.929. The average Bonchev–Trinajstić information content (AvgIpc) is 2.60. The van der Waals surface area contributed by atoms with Gasteiger partial charge in [0.25, 0.3) is 0 Å². The summed E-state index contributed by atoms with van der Waals surface area (Å²) >= 11 is 1.15. The van der Waals surface area contributed by atoms with Gasteiger partial charge in [-0.2, -0.15) is 4.98 Å². The molecule has 0 aliphatic rings. The van der Waals surface area contributed by atoms with E-state index in [2.05, 4.69) is 9.97 Å². The first-order valence-electron chi connectivity index (χ1n) is 6.95. The Hall–Kier alpha value is -2.67. The van der Waals surface area contributed by atoms with Gasteiger partial charge < -0.3 is 4.90 Å². The maximum Gasteiger partial charge on any atom is 0.355 e. The van der Waals surface area contributed by atoms with Gasteiger partial charge >= 0.3 is 5.69 Å². The Labute approximate surface area is 136 Å². The van der Waals surface area contributed by atoms with Crippen molar-refractivity contribution in [3.63, 3.8) is 0 Å². The van der Waals surface area contributed by atoms with Crippen LogP contribution < -0.4 is 10.6 Å². The van der Waals surface area contributed by atoms with Crippen LogP contribution in [0.1, 0.15) is 0 Å². The zero-order valence-corrected chi connectivity index (χ0v) is 13.2. The third-order valence-electron chi connectivity index (χ3n) is 3.29. The summed E-state index contributed by atoms with van der Waals surface area (Å²) in [6.45, 7) is 0. The molecule has 3 aromatic rings. The zero-order valence-electron chi connectivity index (χ0n) is 12.4. The van der Waals surface area contributed by atoms with Crippen molar-refractivity contribution in [2.24, 2.45) is 0 Å². The van der Waals surface area contributed by atoms with Gasteiger partial charge in [-0.1, -0.05) is 36.0 Å². The van der Waals surface area contributed by atoms with Gasteiger partial charge in [-0.15, -0.1) is 0 Å². The standard InChI is InChI=1S/C16H14N4O2S/c1-19(12-7-3-2-4-8-12)14(21)11-23-15-17-13-9-5-6-10-20(13)16(22)18-15/h2-10H,11H2,1H3. The van der Waals surface area contributed by atoms with Gasteiger partial charge in [0.05, 0.1) is 5.75 Å². The second-order valence-electron chi connectivity index (χ2n) is 4.79. The SMILES string of the molecule is CN(C(=O)CSc1nc(=O)n2ccccc2n1)c1ccccc1. The van der Waals surface area contributed by atoms with Crippen LogP contribution in [0.4, 0.5) is 5.69 Å². The molecule has 0 saturated carbocycles. The van der Waals surface area contributed by atoms with Crippen molar-refractivity contribution in [1.82, 2.24) is 14.4 Å². The number of anilines is 1. The van der Waals surface area contributed by atoms with E-state index in [1.54, 1.807) is 36.3 Å². The molecule has 1 aromatic carbocycles. The van der Waals surface area contributed by atoms with Gasteiger partial charge in [0.15, 0.2) is 5.16 Å². The number of nitrogens with zero attached hydrogens (tertiary/aromatic N) is 4. The predicted octanol–water partition coefficient (Wildman–Crippen LogP) is 1.84. The molecule has 0 bridgehead atoms. The van der Waals surface area contributed by atoms with E-state index in [-0.39, 0.29) is 11.7 Å². The molecule has 6 nitrogen and oxygen atoms in total. The van der Waals surface area contributed by atoms with Gasteiger partial charge in [-0.05, 0) is 24.3 Å². The number of pyridine rings is 1. The van der Waals surface area contributed by atoms with Crippen LogP contribution in [-0.2, 0) is 4.79 Å².